The number of nitrogens with zero attached hydrogens (tertiary/aromatic N) is 2. The third-order valence-electron chi connectivity index (χ3n) is 6.92. The Morgan fingerprint density at radius 2 is 1.79 bits per heavy atom. The third kappa shape index (κ3) is 4.76. The molecule has 2 amide bonds. The van der Waals surface area contributed by atoms with Gasteiger partial charge >= 0.3 is 0 Å². The summed E-state index contributed by atoms with van der Waals surface area (Å²) in [5, 5.41) is 7.79. The number of allylic oxidation sites excluding steroid dienone is 2. The van der Waals surface area contributed by atoms with Crippen molar-refractivity contribution in [2.24, 2.45) is 5.41 Å². The van der Waals surface area contributed by atoms with Gasteiger partial charge in [0.05, 0.1) is 20.4 Å². The fraction of sp³-hybridized carbons (Fsp3) is 0.286. The zero-order chi connectivity index (χ0) is 27.9. The van der Waals surface area contributed by atoms with Crippen molar-refractivity contribution < 1.29 is 23.9 Å². The largest absolute Gasteiger partial charge is 0.493 e. The molecule has 1 atom stereocenters. The Balaban J connectivity index is 1.55. The summed E-state index contributed by atoms with van der Waals surface area (Å²) < 4.78 is 12.5. The lowest BCUT2D eigenvalue weighted by molar-refractivity contribution is -0.118. The maximum Gasteiger partial charge on any atom is 0.275 e. The van der Waals surface area contributed by atoms with E-state index in [0.29, 0.717) is 58.0 Å². The van der Waals surface area contributed by atoms with Crippen molar-refractivity contribution in [3.05, 3.63) is 76.6 Å². The number of hydrogen-bond acceptors (Lipinski definition) is 7. The molecule has 1 aliphatic heterocycles. The van der Waals surface area contributed by atoms with Gasteiger partial charge in [0.2, 0.25) is 0 Å². The Kier molecular flexibility index (Phi) is 6.67. The summed E-state index contributed by atoms with van der Waals surface area (Å²) in [5.74, 6) is 0.145. The number of benzene rings is 2. The molecule has 2 heterocycles. The molecule has 0 saturated carbocycles. The number of carbonyl (C=O) groups is 3. The molecule has 2 aromatic carbocycles. The first-order valence-electron chi connectivity index (χ1n) is 12.4. The molecule has 1 aromatic heterocycles. The van der Waals surface area contributed by atoms with Gasteiger partial charge in [-0.05, 0) is 35.6 Å². The van der Waals surface area contributed by atoms with Gasteiger partial charge in [0.25, 0.3) is 11.8 Å². The standard InChI is InChI=1S/C28H28BN5O5/c1-28(2)12-19-22(20(35)13-28)23(16-10-18(29)24(39-4)21(11-16)38-3)34-25(31-19)17(14-30-34)27(37)33-32-26(36)15-8-6-5-7-9-15/h5-11,14,23,31H,12-13H2,1-4H3,(H,32,36)(H,33,37). The number of Topliss-reactive ketones (excluding diaryl/α,β-unsaturated/α-hetero) is 1. The van der Waals surface area contributed by atoms with Crippen LogP contribution in [0.4, 0.5) is 5.82 Å². The van der Waals surface area contributed by atoms with E-state index in [1.54, 1.807) is 47.1 Å². The molecule has 0 spiro atoms. The molecular weight excluding hydrogens is 497 g/mol. The van der Waals surface area contributed by atoms with Gasteiger partial charge in [0.1, 0.15) is 25.3 Å². The summed E-state index contributed by atoms with van der Waals surface area (Å²) in [4.78, 5) is 39.1. The minimum Gasteiger partial charge on any atom is -0.493 e. The fourth-order valence-electron chi connectivity index (χ4n) is 5.20. The number of anilines is 1. The van der Waals surface area contributed by atoms with E-state index in [0.717, 1.165) is 0 Å². The van der Waals surface area contributed by atoms with Crippen LogP contribution in [0.25, 0.3) is 0 Å². The SMILES string of the molecule is [B]c1cc(C2C3=C(CC(C)(C)CC3=O)Nc3c(C(=O)NNC(=O)c4ccccc4)cnn32)cc(OC)c1OC. The van der Waals surface area contributed by atoms with Crippen molar-refractivity contribution in [2.75, 3.05) is 19.5 Å². The van der Waals surface area contributed by atoms with E-state index in [9.17, 15) is 14.4 Å². The first kappa shape index (κ1) is 26.1. The predicted molar refractivity (Wildman–Crippen MR) is 145 cm³/mol. The molecule has 0 saturated heterocycles. The quantitative estimate of drug-likeness (QED) is 0.345. The highest BCUT2D eigenvalue weighted by atomic mass is 16.5. The zero-order valence-corrected chi connectivity index (χ0v) is 22.1. The minimum absolute atomic E-state index is 0.0191. The van der Waals surface area contributed by atoms with Crippen molar-refractivity contribution in [3.8, 4) is 11.5 Å². The van der Waals surface area contributed by atoms with Crippen molar-refractivity contribution in [1.29, 1.82) is 0 Å². The molecule has 3 N–H and O–H groups in total. The van der Waals surface area contributed by atoms with Crippen LogP contribution in [0.5, 0.6) is 11.5 Å². The van der Waals surface area contributed by atoms with Crippen LogP contribution in [0.3, 0.4) is 0 Å². The van der Waals surface area contributed by atoms with Gasteiger partial charge in [-0.15, -0.1) is 0 Å². The summed E-state index contributed by atoms with van der Waals surface area (Å²) in [6.07, 6.45) is 2.35. The average molecular weight is 525 g/mol. The number of nitrogens with one attached hydrogen (secondary N) is 3. The van der Waals surface area contributed by atoms with Gasteiger partial charge in [-0.1, -0.05) is 43.6 Å². The van der Waals surface area contributed by atoms with Crippen LogP contribution in [0.1, 0.15) is 59.0 Å². The lowest BCUT2D eigenvalue weighted by Gasteiger charge is -2.39. The summed E-state index contributed by atoms with van der Waals surface area (Å²) in [6, 6.07) is 11.3. The maximum atomic E-state index is 13.5. The first-order valence-corrected chi connectivity index (χ1v) is 12.4. The van der Waals surface area contributed by atoms with Crippen molar-refractivity contribution >= 4 is 36.7 Å². The summed E-state index contributed by atoms with van der Waals surface area (Å²) in [7, 11) is 9.30. The van der Waals surface area contributed by atoms with E-state index in [1.807, 2.05) is 13.8 Å². The molecular formula is C28H28BN5O5. The van der Waals surface area contributed by atoms with Gasteiger partial charge in [-0.25, -0.2) is 4.68 Å². The van der Waals surface area contributed by atoms with Crippen molar-refractivity contribution in [2.45, 2.75) is 32.7 Å². The van der Waals surface area contributed by atoms with Crippen molar-refractivity contribution in [1.82, 2.24) is 20.6 Å². The number of aromatic nitrogens is 2. The molecule has 39 heavy (non-hydrogen) atoms. The van der Waals surface area contributed by atoms with E-state index in [1.165, 1.54) is 20.4 Å². The van der Waals surface area contributed by atoms with Crippen LogP contribution in [0.15, 0.2) is 59.9 Å². The molecule has 198 valence electrons. The molecule has 2 aliphatic rings. The minimum atomic E-state index is -0.664. The van der Waals surface area contributed by atoms with Crippen LogP contribution in [0.2, 0.25) is 0 Å². The van der Waals surface area contributed by atoms with E-state index < -0.39 is 17.9 Å². The number of hydrogen-bond donors (Lipinski definition) is 3. The van der Waals surface area contributed by atoms with Gasteiger partial charge < -0.3 is 14.8 Å². The predicted octanol–water partition coefficient (Wildman–Crippen LogP) is 2.43. The topological polar surface area (TPSA) is 124 Å². The Morgan fingerprint density at radius 1 is 1.08 bits per heavy atom. The maximum absolute atomic E-state index is 13.5. The number of ether oxygens (including phenoxy) is 2. The number of rotatable bonds is 5. The molecule has 0 fully saturated rings. The van der Waals surface area contributed by atoms with E-state index >= 15 is 0 Å². The molecule has 5 rings (SSSR count). The Morgan fingerprint density at radius 3 is 2.49 bits per heavy atom. The number of ketones is 1. The lowest BCUT2D eigenvalue weighted by Crippen LogP contribution is -2.42. The Bertz CT molecular complexity index is 1510. The number of amides is 2. The Hall–Kier alpha value is -4.54. The van der Waals surface area contributed by atoms with Gasteiger partial charge in [0.15, 0.2) is 17.3 Å². The number of carbonyl (C=O) groups excluding carboxylic acids is 3. The Labute approximate surface area is 227 Å². The zero-order valence-electron chi connectivity index (χ0n) is 22.1. The first-order chi connectivity index (χ1) is 18.6. The highest BCUT2D eigenvalue weighted by Crippen LogP contribution is 2.47. The lowest BCUT2D eigenvalue weighted by atomic mass is 9.72. The van der Waals surface area contributed by atoms with Crippen LogP contribution < -0.4 is 31.1 Å². The summed E-state index contributed by atoms with van der Waals surface area (Å²) >= 11 is 0. The molecule has 1 unspecified atom stereocenters. The van der Waals surface area contributed by atoms with Crippen molar-refractivity contribution in [3.63, 3.8) is 0 Å². The third-order valence-corrected chi connectivity index (χ3v) is 6.92. The van der Waals surface area contributed by atoms with Crippen LogP contribution in [-0.2, 0) is 4.79 Å². The molecule has 1 aliphatic carbocycles. The fourth-order valence-corrected chi connectivity index (χ4v) is 5.20. The molecule has 10 nitrogen and oxygen atoms in total. The van der Waals surface area contributed by atoms with E-state index in [-0.39, 0.29) is 16.8 Å². The second-order valence-corrected chi connectivity index (χ2v) is 10.3. The van der Waals surface area contributed by atoms with Gasteiger partial charge in [-0.3, -0.25) is 25.2 Å². The second kappa shape index (κ2) is 9.97. The summed E-state index contributed by atoms with van der Waals surface area (Å²) in [6.45, 7) is 4.05. The highest BCUT2D eigenvalue weighted by Gasteiger charge is 2.42. The number of fused-ring (bicyclic) bond motifs is 1. The molecule has 2 radical (unpaired) electrons. The van der Waals surface area contributed by atoms with Gasteiger partial charge in [0, 0.05) is 23.3 Å². The van der Waals surface area contributed by atoms with E-state index in [4.69, 9.17) is 17.3 Å². The van der Waals surface area contributed by atoms with Crippen LogP contribution >= 0.6 is 0 Å². The molecule has 0 bridgehead atoms. The van der Waals surface area contributed by atoms with Crippen LogP contribution in [-0.4, -0.2) is 49.4 Å². The number of hydrazine groups is 1. The second-order valence-electron chi connectivity index (χ2n) is 10.3. The molecule has 11 heteroatoms. The van der Waals surface area contributed by atoms with Gasteiger partial charge in [-0.2, -0.15) is 5.10 Å². The van der Waals surface area contributed by atoms with E-state index in [2.05, 4.69) is 21.3 Å². The summed E-state index contributed by atoms with van der Waals surface area (Å²) in [5.41, 5.74) is 7.47. The monoisotopic (exact) mass is 525 g/mol. The molecule has 3 aromatic rings. The average Bonchev–Trinajstić information content (AvgIpc) is 3.33. The highest BCUT2D eigenvalue weighted by molar-refractivity contribution is 6.34. The van der Waals surface area contributed by atoms with Crippen LogP contribution in [0, 0.1) is 5.41 Å². The number of methoxy groups -OCH3 is 2. The smallest absolute Gasteiger partial charge is 0.275 e. The normalized spacial score (nSPS) is 17.4.